The summed E-state index contributed by atoms with van der Waals surface area (Å²) < 4.78 is 5.31. The van der Waals surface area contributed by atoms with E-state index in [1.807, 2.05) is 60.7 Å². The number of benzene rings is 2. The summed E-state index contributed by atoms with van der Waals surface area (Å²) in [4.78, 5) is 25.1. The highest BCUT2D eigenvalue weighted by Crippen LogP contribution is 2.17. The lowest BCUT2D eigenvalue weighted by Gasteiger charge is -2.26. The molecule has 0 bridgehead atoms. The summed E-state index contributed by atoms with van der Waals surface area (Å²) in [5, 5.41) is 5.86. The van der Waals surface area contributed by atoms with Gasteiger partial charge in [0.25, 0.3) is 0 Å². The third-order valence-corrected chi connectivity index (χ3v) is 5.06. The van der Waals surface area contributed by atoms with Gasteiger partial charge in [-0.3, -0.25) is 4.79 Å². The number of rotatable bonds is 7. The van der Waals surface area contributed by atoms with E-state index in [2.05, 4.69) is 10.6 Å². The molecule has 0 unspecified atom stereocenters. The van der Waals surface area contributed by atoms with Gasteiger partial charge < -0.3 is 15.4 Å². The van der Waals surface area contributed by atoms with Crippen LogP contribution in [0.1, 0.15) is 43.2 Å². The molecule has 0 saturated heterocycles. The lowest BCUT2D eigenvalue weighted by Crippen LogP contribution is -2.51. The van der Waals surface area contributed by atoms with Crippen LogP contribution in [0.25, 0.3) is 0 Å². The van der Waals surface area contributed by atoms with Crippen molar-refractivity contribution in [2.75, 3.05) is 0 Å². The molecule has 0 spiro atoms. The maximum absolute atomic E-state index is 12.8. The minimum atomic E-state index is -0.660. The number of carbonyl (C=O) groups excluding carboxylic acids is 2. The highest BCUT2D eigenvalue weighted by molar-refractivity contribution is 5.86. The minimum absolute atomic E-state index is 0.146. The Morgan fingerprint density at radius 1 is 0.893 bits per heavy atom. The monoisotopic (exact) mass is 380 g/mol. The molecule has 5 heteroatoms. The predicted octanol–water partition coefficient (Wildman–Crippen LogP) is 3.97. The van der Waals surface area contributed by atoms with Gasteiger partial charge in [-0.2, -0.15) is 0 Å². The molecule has 0 radical (unpaired) electrons. The van der Waals surface area contributed by atoms with Gasteiger partial charge in [0.15, 0.2) is 0 Å². The Balaban J connectivity index is 1.59. The van der Waals surface area contributed by atoms with Crippen LogP contribution in [0.3, 0.4) is 0 Å². The van der Waals surface area contributed by atoms with Crippen LogP contribution in [0.4, 0.5) is 4.79 Å². The standard InChI is InChI=1S/C23H28N2O3/c26-22(24-20-14-8-3-9-15-20)21(16-18-10-4-1-5-11-18)25-23(27)28-17-19-12-6-2-7-13-19/h1-2,4-7,10-13,20-21H,3,8-9,14-17H2,(H,24,26)(H,25,27)/t21-/m0/s1. The number of ether oxygens (including phenoxy) is 1. The van der Waals surface area contributed by atoms with Gasteiger partial charge in [-0.05, 0) is 24.0 Å². The van der Waals surface area contributed by atoms with Crippen LogP contribution in [0.5, 0.6) is 0 Å². The second-order valence-electron chi connectivity index (χ2n) is 7.29. The van der Waals surface area contributed by atoms with Gasteiger partial charge in [-0.15, -0.1) is 0 Å². The highest BCUT2D eigenvalue weighted by Gasteiger charge is 2.25. The van der Waals surface area contributed by atoms with E-state index in [0.29, 0.717) is 6.42 Å². The van der Waals surface area contributed by atoms with Gasteiger partial charge >= 0.3 is 6.09 Å². The summed E-state index contributed by atoms with van der Waals surface area (Å²) >= 11 is 0. The fourth-order valence-corrected chi connectivity index (χ4v) is 3.51. The van der Waals surface area contributed by atoms with E-state index < -0.39 is 12.1 Å². The van der Waals surface area contributed by atoms with Gasteiger partial charge in [0, 0.05) is 12.5 Å². The maximum atomic E-state index is 12.8. The normalized spacial score (nSPS) is 15.4. The quantitative estimate of drug-likeness (QED) is 0.764. The van der Waals surface area contributed by atoms with Crippen LogP contribution in [0.15, 0.2) is 60.7 Å². The maximum Gasteiger partial charge on any atom is 0.408 e. The van der Waals surface area contributed by atoms with Gasteiger partial charge in [0.1, 0.15) is 12.6 Å². The van der Waals surface area contributed by atoms with E-state index in [-0.39, 0.29) is 18.6 Å². The molecule has 1 fully saturated rings. The summed E-state index contributed by atoms with van der Waals surface area (Å²) in [6, 6.07) is 18.7. The Kier molecular flexibility index (Phi) is 7.47. The van der Waals surface area contributed by atoms with Crippen LogP contribution >= 0.6 is 0 Å². The molecule has 1 aliphatic carbocycles. The SMILES string of the molecule is O=C(N[C@@H](Cc1ccccc1)C(=O)NC1CCCCC1)OCc1ccccc1. The Morgan fingerprint density at radius 3 is 2.14 bits per heavy atom. The molecular weight excluding hydrogens is 352 g/mol. The van der Waals surface area contributed by atoms with Crippen molar-refractivity contribution in [3.8, 4) is 0 Å². The number of hydrogen-bond acceptors (Lipinski definition) is 3. The Hall–Kier alpha value is -2.82. The van der Waals surface area contributed by atoms with Gasteiger partial charge in [-0.25, -0.2) is 4.79 Å². The van der Waals surface area contributed by atoms with Crippen molar-refractivity contribution < 1.29 is 14.3 Å². The fourth-order valence-electron chi connectivity index (χ4n) is 3.51. The van der Waals surface area contributed by atoms with Crippen molar-refractivity contribution in [3.05, 3.63) is 71.8 Å². The summed E-state index contributed by atoms with van der Waals surface area (Å²) in [7, 11) is 0. The van der Waals surface area contributed by atoms with Crippen LogP contribution in [-0.2, 0) is 22.6 Å². The van der Waals surface area contributed by atoms with E-state index in [1.54, 1.807) is 0 Å². The first kappa shape index (κ1) is 19.9. The van der Waals surface area contributed by atoms with Crippen molar-refractivity contribution in [1.82, 2.24) is 10.6 Å². The van der Waals surface area contributed by atoms with Crippen molar-refractivity contribution >= 4 is 12.0 Å². The first-order valence-corrected chi connectivity index (χ1v) is 10.0. The molecule has 2 amide bonds. The summed E-state index contributed by atoms with van der Waals surface area (Å²) in [6.45, 7) is 0.176. The molecular formula is C23H28N2O3. The zero-order valence-corrected chi connectivity index (χ0v) is 16.1. The van der Waals surface area contributed by atoms with E-state index >= 15 is 0 Å². The van der Waals surface area contributed by atoms with E-state index in [0.717, 1.165) is 36.8 Å². The molecule has 0 heterocycles. The Labute approximate surface area is 166 Å². The smallest absolute Gasteiger partial charge is 0.408 e. The van der Waals surface area contributed by atoms with E-state index in [4.69, 9.17) is 4.74 Å². The third kappa shape index (κ3) is 6.41. The van der Waals surface area contributed by atoms with Crippen LogP contribution in [0, 0.1) is 0 Å². The molecule has 1 saturated carbocycles. The molecule has 0 aromatic heterocycles. The van der Waals surface area contributed by atoms with Gasteiger partial charge in [0.2, 0.25) is 5.91 Å². The Morgan fingerprint density at radius 2 is 1.50 bits per heavy atom. The number of nitrogens with one attached hydrogen (secondary N) is 2. The summed E-state index contributed by atoms with van der Waals surface area (Å²) in [6.07, 6.45) is 5.36. The highest BCUT2D eigenvalue weighted by atomic mass is 16.5. The number of alkyl carbamates (subject to hydrolysis) is 1. The average Bonchev–Trinajstić information content (AvgIpc) is 2.74. The number of amides is 2. The minimum Gasteiger partial charge on any atom is -0.445 e. The first-order valence-electron chi connectivity index (χ1n) is 10.0. The second-order valence-corrected chi connectivity index (χ2v) is 7.29. The molecule has 1 aliphatic rings. The molecule has 1 atom stereocenters. The zero-order chi connectivity index (χ0) is 19.6. The molecule has 0 aliphatic heterocycles. The lowest BCUT2D eigenvalue weighted by molar-refractivity contribution is -0.124. The number of carbonyl (C=O) groups is 2. The largest absolute Gasteiger partial charge is 0.445 e. The third-order valence-electron chi connectivity index (χ3n) is 5.06. The molecule has 28 heavy (non-hydrogen) atoms. The van der Waals surface area contributed by atoms with Gasteiger partial charge in [-0.1, -0.05) is 79.9 Å². The molecule has 5 nitrogen and oxygen atoms in total. The predicted molar refractivity (Wildman–Crippen MR) is 109 cm³/mol. The molecule has 148 valence electrons. The van der Waals surface area contributed by atoms with E-state index in [1.165, 1.54) is 6.42 Å². The van der Waals surface area contributed by atoms with Gasteiger partial charge in [0.05, 0.1) is 0 Å². The van der Waals surface area contributed by atoms with Crippen molar-refractivity contribution in [2.24, 2.45) is 0 Å². The van der Waals surface area contributed by atoms with E-state index in [9.17, 15) is 9.59 Å². The lowest BCUT2D eigenvalue weighted by atomic mass is 9.95. The zero-order valence-electron chi connectivity index (χ0n) is 16.1. The molecule has 2 N–H and O–H groups in total. The van der Waals surface area contributed by atoms with Crippen molar-refractivity contribution in [1.29, 1.82) is 0 Å². The van der Waals surface area contributed by atoms with Crippen LogP contribution in [-0.4, -0.2) is 24.1 Å². The second kappa shape index (κ2) is 10.5. The van der Waals surface area contributed by atoms with Crippen LogP contribution < -0.4 is 10.6 Å². The first-order chi connectivity index (χ1) is 13.7. The fraction of sp³-hybridized carbons (Fsp3) is 0.391. The average molecular weight is 380 g/mol. The molecule has 2 aromatic carbocycles. The Bertz CT molecular complexity index is 743. The van der Waals surface area contributed by atoms with Crippen molar-refractivity contribution in [3.63, 3.8) is 0 Å². The van der Waals surface area contributed by atoms with Crippen LogP contribution in [0.2, 0.25) is 0 Å². The summed E-state index contributed by atoms with van der Waals surface area (Å²) in [5.41, 5.74) is 1.90. The summed E-state index contributed by atoms with van der Waals surface area (Å²) in [5.74, 6) is -0.146. The molecule has 2 aromatic rings. The topological polar surface area (TPSA) is 67.4 Å². The number of hydrogen-bond donors (Lipinski definition) is 2. The molecule has 3 rings (SSSR count). The van der Waals surface area contributed by atoms with Crippen molar-refractivity contribution in [2.45, 2.75) is 57.2 Å².